The number of imide groups is 2. The molecule has 8 nitrogen and oxygen atoms in total. The summed E-state index contributed by atoms with van der Waals surface area (Å²) in [4.78, 5) is 50.8. The summed E-state index contributed by atoms with van der Waals surface area (Å²) in [6.45, 7) is 1.60. The van der Waals surface area contributed by atoms with E-state index < -0.39 is 23.8 Å². The maximum absolute atomic E-state index is 13.1. The Bertz CT molecular complexity index is 1100. The van der Waals surface area contributed by atoms with Gasteiger partial charge in [0.05, 0.1) is 17.7 Å². The Balaban J connectivity index is 0.930. The second-order valence-corrected chi connectivity index (χ2v) is 11.9. The minimum atomic E-state index is -0.967. The SMILES string of the molecule is O=C1CCC(N2C(=O)c3cccc(OCCCCCCCNC45CC6CC(CC4C6)C5)c3C2=O)C(=O)N1. The van der Waals surface area contributed by atoms with E-state index in [1.165, 1.54) is 44.9 Å². The molecule has 0 radical (unpaired) electrons. The third-order valence-corrected chi connectivity index (χ3v) is 9.48. The molecule has 8 heteroatoms. The number of fused-ring (bicyclic) bond motifs is 1. The lowest BCUT2D eigenvalue weighted by Crippen LogP contribution is -2.54. The molecule has 198 valence electrons. The Morgan fingerprint density at radius 1 is 0.946 bits per heavy atom. The molecule has 5 fully saturated rings. The smallest absolute Gasteiger partial charge is 0.266 e. The highest BCUT2D eigenvalue weighted by molar-refractivity contribution is 6.24. The average Bonchev–Trinajstić information content (AvgIpc) is 3.37. The van der Waals surface area contributed by atoms with E-state index >= 15 is 0 Å². The van der Waals surface area contributed by atoms with Crippen LogP contribution in [0.4, 0.5) is 0 Å². The zero-order valence-corrected chi connectivity index (χ0v) is 21.4. The Morgan fingerprint density at radius 3 is 2.49 bits per heavy atom. The normalized spacial score (nSPS) is 31.8. The minimum absolute atomic E-state index is 0.103. The Morgan fingerprint density at radius 2 is 1.70 bits per heavy atom. The van der Waals surface area contributed by atoms with Gasteiger partial charge in [-0.15, -0.1) is 0 Å². The monoisotopic (exact) mass is 507 g/mol. The van der Waals surface area contributed by atoms with Gasteiger partial charge in [0.15, 0.2) is 0 Å². The van der Waals surface area contributed by atoms with Crippen molar-refractivity contribution < 1.29 is 23.9 Å². The van der Waals surface area contributed by atoms with Crippen LogP contribution in [0.2, 0.25) is 0 Å². The minimum Gasteiger partial charge on any atom is -0.493 e. The molecule has 2 N–H and O–H groups in total. The maximum atomic E-state index is 13.1. The van der Waals surface area contributed by atoms with E-state index in [1.807, 2.05) is 0 Å². The molecule has 4 saturated carbocycles. The van der Waals surface area contributed by atoms with Crippen LogP contribution in [0.15, 0.2) is 18.2 Å². The van der Waals surface area contributed by atoms with Crippen LogP contribution in [0.5, 0.6) is 5.75 Å². The number of amides is 4. The highest BCUT2D eigenvalue weighted by Crippen LogP contribution is 2.60. The predicted molar refractivity (Wildman–Crippen MR) is 136 cm³/mol. The number of carbonyl (C=O) groups excluding carboxylic acids is 4. The summed E-state index contributed by atoms with van der Waals surface area (Å²) in [5.41, 5.74) is 0.949. The molecule has 1 saturated heterocycles. The maximum Gasteiger partial charge on any atom is 0.266 e. The van der Waals surface area contributed by atoms with Gasteiger partial charge in [-0.1, -0.05) is 25.3 Å². The van der Waals surface area contributed by atoms with Gasteiger partial charge in [0.1, 0.15) is 11.8 Å². The number of unbranched alkanes of at least 4 members (excludes halogenated alkanes) is 4. The van der Waals surface area contributed by atoms with E-state index in [0.717, 1.165) is 48.5 Å². The number of nitrogens with one attached hydrogen (secondary N) is 2. The summed E-state index contributed by atoms with van der Waals surface area (Å²) >= 11 is 0. The molecule has 2 heterocycles. The Kier molecular flexibility index (Phi) is 6.55. The van der Waals surface area contributed by atoms with E-state index in [1.54, 1.807) is 18.2 Å². The van der Waals surface area contributed by atoms with E-state index in [4.69, 9.17) is 4.74 Å². The first-order valence-electron chi connectivity index (χ1n) is 14.2. The van der Waals surface area contributed by atoms with Crippen molar-refractivity contribution in [1.29, 1.82) is 0 Å². The van der Waals surface area contributed by atoms with E-state index in [0.29, 0.717) is 17.9 Å². The lowest BCUT2D eigenvalue weighted by Gasteiger charge is -2.34. The molecule has 0 spiro atoms. The van der Waals surface area contributed by atoms with E-state index in [9.17, 15) is 19.2 Å². The molecule has 4 aliphatic carbocycles. The van der Waals surface area contributed by atoms with Crippen LogP contribution in [-0.4, -0.2) is 53.3 Å². The van der Waals surface area contributed by atoms with Crippen LogP contribution in [0.3, 0.4) is 0 Å². The molecule has 3 atom stereocenters. The highest BCUT2D eigenvalue weighted by atomic mass is 16.5. The van der Waals surface area contributed by atoms with Gasteiger partial charge in [0.2, 0.25) is 11.8 Å². The summed E-state index contributed by atoms with van der Waals surface area (Å²) in [5, 5.41) is 6.20. The lowest BCUT2D eigenvalue weighted by molar-refractivity contribution is -0.136. The van der Waals surface area contributed by atoms with Crippen molar-refractivity contribution in [2.45, 2.75) is 88.6 Å². The number of hydrogen-bond donors (Lipinski definition) is 2. The number of carbonyl (C=O) groups is 4. The topological polar surface area (TPSA) is 105 Å². The zero-order chi connectivity index (χ0) is 25.6. The number of nitrogens with zero attached hydrogens (tertiary/aromatic N) is 1. The zero-order valence-electron chi connectivity index (χ0n) is 21.4. The fourth-order valence-electron chi connectivity index (χ4n) is 7.97. The van der Waals surface area contributed by atoms with Crippen molar-refractivity contribution in [3.05, 3.63) is 29.3 Å². The van der Waals surface area contributed by atoms with E-state index in [2.05, 4.69) is 10.6 Å². The number of piperidine rings is 1. The summed E-state index contributed by atoms with van der Waals surface area (Å²) in [6, 6.07) is 4.02. The average molecular weight is 508 g/mol. The molecule has 4 bridgehead atoms. The first kappa shape index (κ1) is 24.6. The van der Waals surface area contributed by atoms with Crippen molar-refractivity contribution in [3.63, 3.8) is 0 Å². The van der Waals surface area contributed by atoms with Crippen molar-refractivity contribution in [3.8, 4) is 5.75 Å². The molecule has 7 rings (SSSR count). The number of benzene rings is 1. The van der Waals surface area contributed by atoms with Gasteiger partial charge in [-0.3, -0.25) is 29.4 Å². The van der Waals surface area contributed by atoms with Gasteiger partial charge in [0.25, 0.3) is 11.8 Å². The fraction of sp³-hybridized carbons (Fsp3) is 0.655. The molecule has 0 aromatic heterocycles. The molecule has 3 unspecified atom stereocenters. The van der Waals surface area contributed by atoms with Gasteiger partial charge in [-0.05, 0) is 87.8 Å². The quantitative estimate of drug-likeness (QED) is 0.350. The van der Waals surface area contributed by atoms with Crippen LogP contribution < -0.4 is 15.4 Å². The second kappa shape index (κ2) is 9.86. The van der Waals surface area contributed by atoms with Crippen molar-refractivity contribution >= 4 is 23.6 Å². The molecule has 2 aliphatic heterocycles. The standard InChI is InChI=1S/C29H37N3O5/c33-24-10-9-22(26(34)31-24)32-27(35)21-7-6-8-23(25(21)28(32)36)37-12-5-3-1-2-4-11-30-29-16-18-13-19(17-29)15-20(29)14-18/h6-8,18-20,22,30H,1-5,9-17H2,(H,31,33,34). The van der Waals surface area contributed by atoms with E-state index in [-0.39, 0.29) is 29.9 Å². The van der Waals surface area contributed by atoms with Gasteiger partial charge >= 0.3 is 0 Å². The molecule has 4 amide bonds. The third kappa shape index (κ3) is 4.47. The predicted octanol–water partition coefficient (Wildman–Crippen LogP) is 3.59. The second-order valence-electron chi connectivity index (χ2n) is 11.9. The summed E-state index contributed by atoms with van der Waals surface area (Å²) in [5.74, 6) is 1.28. The first-order valence-corrected chi connectivity index (χ1v) is 14.2. The third-order valence-electron chi connectivity index (χ3n) is 9.48. The number of hydrogen-bond acceptors (Lipinski definition) is 6. The van der Waals surface area contributed by atoms with Gasteiger partial charge in [-0.2, -0.15) is 0 Å². The van der Waals surface area contributed by atoms with Crippen molar-refractivity contribution in [2.75, 3.05) is 13.2 Å². The lowest BCUT2D eigenvalue weighted by atomic mass is 9.80. The van der Waals surface area contributed by atoms with Crippen molar-refractivity contribution in [2.24, 2.45) is 17.8 Å². The molecule has 6 aliphatic rings. The number of ether oxygens (including phenoxy) is 1. The highest BCUT2D eigenvalue weighted by Gasteiger charge is 2.57. The number of rotatable bonds is 11. The van der Waals surface area contributed by atoms with Gasteiger partial charge in [0, 0.05) is 12.0 Å². The molecular formula is C29H37N3O5. The summed E-state index contributed by atoms with van der Waals surface area (Å²) < 4.78 is 5.94. The molecule has 1 aromatic rings. The van der Waals surface area contributed by atoms with Crippen LogP contribution in [0.1, 0.15) is 97.8 Å². The summed E-state index contributed by atoms with van der Waals surface area (Å²) in [7, 11) is 0. The van der Waals surface area contributed by atoms with Crippen LogP contribution in [-0.2, 0) is 9.59 Å². The molecule has 37 heavy (non-hydrogen) atoms. The van der Waals surface area contributed by atoms with Crippen molar-refractivity contribution in [1.82, 2.24) is 15.5 Å². The van der Waals surface area contributed by atoms with Crippen LogP contribution in [0, 0.1) is 17.8 Å². The summed E-state index contributed by atoms with van der Waals surface area (Å²) in [6.07, 6.45) is 13.0. The molecule has 1 aromatic carbocycles. The molecular weight excluding hydrogens is 470 g/mol. The fourth-order valence-corrected chi connectivity index (χ4v) is 7.97. The van der Waals surface area contributed by atoms with Crippen LogP contribution >= 0.6 is 0 Å². The van der Waals surface area contributed by atoms with Crippen LogP contribution in [0.25, 0.3) is 0 Å². The Hall–Kier alpha value is -2.74. The van der Waals surface area contributed by atoms with Gasteiger partial charge < -0.3 is 10.1 Å². The van der Waals surface area contributed by atoms with Gasteiger partial charge in [-0.25, -0.2) is 0 Å². The largest absolute Gasteiger partial charge is 0.493 e. The Labute approximate surface area is 217 Å². The first-order chi connectivity index (χ1) is 17.9.